The minimum absolute atomic E-state index is 0.0695. The summed E-state index contributed by atoms with van der Waals surface area (Å²) in [6, 6.07) is 12.9. The molecule has 1 N–H and O–H groups in total. The summed E-state index contributed by atoms with van der Waals surface area (Å²) in [5, 5.41) is 14.8. The number of nitrogens with zero attached hydrogens (tertiary/aromatic N) is 3. The second-order valence-electron chi connectivity index (χ2n) is 5.80. The summed E-state index contributed by atoms with van der Waals surface area (Å²) in [6.07, 6.45) is 1.59. The predicted octanol–water partition coefficient (Wildman–Crippen LogP) is 3.34. The van der Waals surface area contributed by atoms with E-state index >= 15 is 0 Å². The molecule has 0 aliphatic carbocycles. The van der Waals surface area contributed by atoms with E-state index < -0.39 is 5.63 Å². The minimum atomic E-state index is -0.612. The lowest BCUT2D eigenvalue weighted by atomic mass is 10.1. The van der Waals surface area contributed by atoms with Crippen molar-refractivity contribution in [2.75, 3.05) is 0 Å². The molecule has 0 saturated heterocycles. The first-order chi connectivity index (χ1) is 12.1. The van der Waals surface area contributed by atoms with Crippen LogP contribution in [0, 0.1) is 13.8 Å². The highest BCUT2D eigenvalue weighted by Crippen LogP contribution is 2.31. The predicted molar refractivity (Wildman–Crippen MR) is 93.5 cm³/mol. The smallest absolute Gasteiger partial charge is 0.349 e. The van der Waals surface area contributed by atoms with Gasteiger partial charge in [0, 0.05) is 17.8 Å². The second-order valence-corrected chi connectivity index (χ2v) is 5.80. The van der Waals surface area contributed by atoms with E-state index in [1.165, 1.54) is 6.07 Å². The number of hydrogen-bond acceptors (Lipinski definition) is 5. The van der Waals surface area contributed by atoms with Gasteiger partial charge in [0.15, 0.2) is 5.65 Å². The van der Waals surface area contributed by atoms with E-state index in [2.05, 4.69) is 10.1 Å². The molecule has 0 amide bonds. The van der Waals surface area contributed by atoms with Crippen LogP contribution in [0.25, 0.3) is 28.0 Å². The van der Waals surface area contributed by atoms with Crippen molar-refractivity contribution in [2.45, 2.75) is 13.8 Å². The van der Waals surface area contributed by atoms with Crippen LogP contribution in [0.3, 0.4) is 0 Å². The first kappa shape index (κ1) is 15.1. The third-order valence-corrected chi connectivity index (χ3v) is 4.07. The van der Waals surface area contributed by atoms with Crippen molar-refractivity contribution in [1.82, 2.24) is 14.6 Å². The van der Waals surface area contributed by atoms with Crippen molar-refractivity contribution in [3.8, 4) is 28.1 Å². The van der Waals surface area contributed by atoms with Crippen molar-refractivity contribution in [2.24, 2.45) is 0 Å². The third-order valence-electron chi connectivity index (χ3n) is 4.07. The number of hydrogen-bond donors (Lipinski definition) is 1. The lowest BCUT2D eigenvalue weighted by Crippen LogP contribution is -2.08. The summed E-state index contributed by atoms with van der Waals surface area (Å²) in [5.74, 6) is 0.203. The maximum atomic E-state index is 12.3. The van der Waals surface area contributed by atoms with Crippen LogP contribution in [0.1, 0.15) is 11.5 Å². The van der Waals surface area contributed by atoms with Crippen molar-refractivity contribution in [3.05, 3.63) is 70.5 Å². The van der Waals surface area contributed by atoms with E-state index in [1.54, 1.807) is 23.7 Å². The first-order valence-corrected chi connectivity index (χ1v) is 7.80. The molecular formula is C19H15N3O3. The molecule has 0 aliphatic heterocycles. The molecule has 0 bridgehead atoms. The number of fused-ring (bicyclic) bond motifs is 1. The normalized spacial score (nSPS) is 11.1. The monoisotopic (exact) mass is 333 g/mol. The molecule has 25 heavy (non-hydrogen) atoms. The van der Waals surface area contributed by atoms with E-state index in [4.69, 9.17) is 4.42 Å². The molecule has 0 atom stereocenters. The lowest BCUT2D eigenvalue weighted by molar-refractivity contribution is 0.437. The van der Waals surface area contributed by atoms with E-state index in [-0.39, 0.29) is 11.3 Å². The van der Waals surface area contributed by atoms with Crippen LogP contribution in [-0.4, -0.2) is 19.7 Å². The second kappa shape index (κ2) is 5.59. The van der Waals surface area contributed by atoms with Gasteiger partial charge in [0.1, 0.15) is 17.1 Å². The molecule has 0 aliphatic rings. The Kier molecular flexibility index (Phi) is 3.39. The number of rotatable bonds is 2. The van der Waals surface area contributed by atoms with Gasteiger partial charge in [-0.1, -0.05) is 30.3 Å². The zero-order valence-electron chi connectivity index (χ0n) is 13.7. The molecule has 3 aromatic heterocycles. The largest absolute Gasteiger partial charge is 0.507 e. The molecule has 3 heterocycles. The standard InChI is InChI=1S/C19H15N3O3/c1-11-10-15(23)17(19(24)25-11)14-8-9-20-18-16(12(2)21-22(14)18)13-6-4-3-5-7-13/h3-10,23H,1-2H3. The highest BCUT2D eigenvalue weighted by Gasteiger charge is 2.20. The van der Waals surface area contributed by atoms with Crippen LogP contribution in [0.15, 0.2) is 57.9 Å². The fraction of sp³-hybridized carbons (Fsp3) is 0.105. The molecular weight excluding hydrogens is 318 g/mol. The van der Waals surface area contributed by atoms with Crippen LogP contribution in [0.4, 0.5) is 0 Å². The van der Waals surface area contributed by atoms with Gasteiger partial charge in [-0.25, -0.2) is 14.3 Å². The number of aromatic nitrogens is 3. The number of benzene rings is 1. The maximum Gasteiger partial charge on any atom is 0.349 e. The molecule has 4 rings (SSSR count). The van der Waals surface area contributed by atoms with Crippen LogP contribution in [-0.2, 0) is 0 Å². The average Bonchev–Trinajstić information content (AvgIpc) is 2.91. The highest BCUT2D eigenvalue weighted by atomic mass is 16.4. The van der Waals surface area contributed by atoms with Crippen LogP contribution < -0.4 is 5.63 Å². The highest BCUT2D eigenvalue weighted by molar-refractivity contribution is 5.81. The van der Waals surface area contributed by atoms with Crippen LogP contribution >= 0.6 is 0 Å². The SMILES string of the molecule is Cc1cc(O)c(-c2ccnc3c(-c4ccccc4)c(C)nn23)c(=O)o1. The van der Waals surface area contributed by atoms with Crippen molar-refractivity contribution in [3.63, 3.8) is 0 Å². The average molecular weight is 333 g/mol. The minimum Gasteiger partial charge on any atom is -0.507 e. The summed E-state index contributed by atoms with van der Waals surface area (Å²) >= 11 is 0. The van der Waals surface area contributed by atoms with E-state index in [9.17, 15) is 9.90 Å². The van der Waals surface area contributed by atoms with Crippen LogP contribution in [0.2, 0.25) is 0 Å². The molecule has 124 valence electrons. The first-order valence-electron chi connectivity index (χ1n) is 7.80. The van der Waals surface area contributed by atoms with Crippen molar-refractivity contribution in [1.29, 1.82) is 0 Å². The van der Waals surface area contributed by atoms with Gasteiger partial charge in [-0.05, 0) is 25.5 Å². The van der Waals surface area contributed by atoms with Gasteiger partial charge in [-0.3, -0.25) is 0 Å². The fourth-order valence-corrected chi connectivity index (χ4v) is 3.02. The fourth-order valence-electron chi connectivity index (χ4n) is 3.02. The Balaban J connectivity index is 2.05. The maximum absolute atomic E-state index is 12.3. The summed E-state index contributed by atoms with van der Waals surface area (Å²) < 4.78 is 6.71. The van der Waals surface area contributed by atoms with Gasteiger partial charge in [0.2, 0.25) is 0 Å². The molecule has 6 nitrogen and oxygen atoms in total. The van der Waals surface area contributed by atoms with Gasteiger partial charge >= 0.3 is 5.63 Å². The number of aryl methyl sites for hydroxylation is 2. The zero-order chi connectivity index (χ0) is 17.6. The topological polar surface area (TPSA) is 80.6 Å². The van der Waals surface area contributed by atoms with E-state index in [0.717, 1.165) is 16.8 Å². The van der Waals surface area contributed by atoms with Gasteiger partial charge in [-0.15, -0.1) is 0 Å². The van der Waals surface area contributed by atoms with Gasteiger partial charge in [-0.2, -0.15) is 5.10 Å². The Hall–Kier alpha value is -3.41. The molecule has 0 radical (unpaired) electrons. The summed E-state index contributed by atoms with van der Waals surface area (Å²) in [6.45, 7) is 3.50. The molecule has 0 unspecified atom stereocenters. The quantitative estimate of drug-likeness (QED) is 0.608. The third kappa shape index (κ3) is 2.39. The molecule has 0 saturated carbocycles. The van der Waals surface area contributed by atoms with Gasteiger partial charge in [0.25, 0.3) is 0 Å². The number of aromatic hydroxyl groups is 1. The lowest BCUT2D eigenvalue weighted by Gasteiger charge is -2.06. The Bertz CT molecular complexity index is 1140. The molecule has 0 spiro atoms. The Morgan fingerprint density at radius 3 is 2.56 bits per heavy atom. The molecule has 6 heteroatoms. The Morgan fingerprint density at radius 2 is 1.84 bits per heavy atom. The van der Waals surface area contributed by atoms with Crippen LogP contribution in [0.5, 0.6) is 5.75 Å². The summed E-state index contributed by atoms with van der Waals surface area (Å²) in [7, 11) is 0. The van der Waals surface area contributed by atoms with Gasteiger partial charge < -0.3 is 9.52 Å². The van der Waals surface area contributed by atoms with Crippen molar-refractivity contribution < 1.29 is 9.52 Å². The summed E-state index contributed by atoms with van der Waals surface area (Å²) in [4.78, 5) is 16.7. The van der Waals surface area contributed by atoms with E-state index in [0.29, 0.717) is 17.1 Å². The Labute approximate surface area is 143 Å². The Morgan fingerprint density at radius 1 is 1.08 bits per heavy atom. The molecule has 4 aromatic rings. The molecule has 0 fully saturated rings. The molecule has 1 aromatic carbocycles. The zero-order valence-corrected chi connectivity index (χ0v) is 13.7. The summed E-state index contributed by atoms with van der Waals surface area (Å²) in [5.41, 5.74) is 3.15. The van der Waals surface area contributed by atoms with E-state index in [1.807, 2.05) is 37.3 Å². The van der Waals surface area contributed by atoms with Gasteiger partial charge in [0.05, 0.1) is 11.4 Å². The van der Waals surface area contributed by atoms with Crippen molar-refractivity contribution >= 4 is 5.65 Å².